The van der Waals surface area contributed by atoms with E-state index >= 15 is 0 Å². The molecule has 2 aromatic rings. The zero-order chi connectivity index (χ0) is 19.2. The van der Waals surface area contributed by atoms with E-state index in [1.807, 2.05) is 17.5 Å². The number of nitrogens with one attached hydrogen (secondary N) is 1. The van der Waals surface area contributed by atoms with Crippen LogP contribution in [0.4, 0.5) is 10.5 Å². The van der Waals surface area contributed by atoms with Crippen molar-refractivity contribution in [3.63, 3.8) is 0 Å². The van der Waals surface area contributed by atoms with Crippen molar-refractivity contribution in [1.82, 2.24) is 9.80 Å². The molecule has 0 saturated carbocycles. The molecule has 0 spiro atoms. The molecule has 8 heteroatoms. The van der Waals surface area contributed by atoms with E-state index < -0.39 is 6.09 Å². The van der Waals surface area contributed by atoms with E-state index in [0.717, 1.165) is 0 Å². The molecule has 0 aliphatic carbocycles. The number of carbonyl (C=O) groups excluding carboxylic acids is 3. The molecule has 2 heterocycles. The van der Waals surface area contributed by atoms with Gasteiger partial charge in [-0.3, -0.25) is 14.9 Å². The maximum Gasteiger partial charge on any atom is 0.411 e. The average Bonchev–Trinajstić information content (AvgIpc) is 3.22. The number of amides is 3. The van der Waals surface area contributed by atoms with Gasteiger partial charge in [0.1, 0.15) is 0 Å². The lowest BCUT2D eigenvalue weighted by Crippen LogP contribution is -2.50. The van der Waals surface area contributed by atoms with E-state index in [2.05, 4.69) is 5.32 Å². The first kappa shape index (κ1) is 18.9. The maximum atomic E-state index is 12.7. The van der Waals surface area contributed by atoms with Gasteiger partial charge in [0.25, 0.3) is 11.8 Å². The van der Waals surface area contributed by atoms with E-state index in [1.54, 1.807) is 41.0 Å². The molecular formula is C19H21N3O4S. The highest BCUT2D eigenvalue weighted by molar-refractivity contribution is 7.12. The molecule has 0 atom stereocenters. The zero-order valence-corrected chi connectivity index (χ0v) is 15.8. The molecule has 27 heavy (non-hydrogen) atoms. The second-order valence-corrected chi connectivity index (χ2v) is 6.94. The second-order valence-electron chi connectivity index (χ2n) is 5.99. The second kappa shape index (κ2) is 8.68. The van der Waals surface area contributed by atoms with E-state index in [9.17, 15) is 14.4 Å². The third kappa shape index (κ3) is 4.65. The quantitative estimate of drug-likeness (QED) is 0.875. The summed E-state index contributed by atoms with van der Waals surface area (Å²) in [4.78, 5) is 40.9. The molecule has 3 amide bonds. The molecule has 1 N–H and O–H groups in total. The summed E-state index contributed by atoms with van der Waals surface area (Å²) in [6, 6.07) is 10.4. The summed E-state index contributed by atoms with van der Waals surface area (Å²) >= 11 is 1.42. The third-order valence-corrected chi connectivity index (χ3v) is 5.08. The summed E-state index contributed by atoms with van der Waals surface area (Å²) in [6.07, 6.45) is -0.553. The van der Waals surface area contributed by atoms with Crippen LogP contribution in [0.2, 0.25) is 0 Å². The molecule has 1 saturated heterocycles. The molecule has 0 unspecified atom stereocenters. The highest BCUT2D eigenvalue weighted by atomic mass is 32.1. The van der Waals surface area contributed by atoms with Crippen molar-refractivity contribution in [2.75, 3.05) is 38.1 Å². The van der Waals surface area contributed by atoms with Gasteiger partial charge in [0.2, 0.25) is 0 Å². The van der Waals surface area contributed by atoms with Gasteiger partial charge in [0, 0.05) is 37.4 Å². The Labute approximate surface area is 161 Å². The third-order valence-electron chi connectivity index (χ3n) is 4.22. The van der Waals surface area contributed by atoms with Crippen LogP contribution in [0.3, 0.4) is 0 Å². The summed E-state index contributed by atoms with van der Waals surface area (Å²) in [5.41, 5.74) is 0.994. The van der Waals surface area contributed by atoms with Crippen molar-refractivity contribution in [3.8, 4) is 0 Å². The van der Waals surface area contributed by atoms with Crippen molar-refractivity contribution in [1.29, 1.82) is 0 Å². The van der Waals surface area contributed by atoms with Gasteiger partial charge in [-0.05, 0) is 36.6 Å². The van der Waals surface area contributed by atoms with E-state index in [-0.39, 0.29) is 18.4 Å². The fourth-order valence-corrected chi connectivity index (χ4v) is 3.56. The summed E-state index contributed by atoms with van der Waals surface area (Å²) in [6.45, 7) is 3.96. The Hall–Kier alpha value is -2.87. The van der Waals surface area contributed by atoms with Gasteiger partial charge >= 0.3 is 6.09 Å². The number of benzene rings is 1. The Morgan fingerprint density at radius 2 is 1.74 bits per heavy atom. The standard InChI is InChI=1S/C19H21N3O4S/c1-2-26-19(25)20-15-6-3-5-14(13-15)17(23)21-8-10-22(11-9-21)18(24)16-7-4-12-27-16/h3-7,12-13H,2,8-11H2,1H3,(H,20,25). The van der Waals surface area contributed by atoms with Crippen LogP contribution < -0.4 is 5.32 Å². The normalized spacial score (nSPS) is 14.0. The highest BCUT2D eigenvalue weighted by Crippen LogP contribution is 2.17. The molecule has 1 fully saturated rings. The van der Waals surface area contributed by atoms with E-state index in [4.69, 9.17) is 4.74 Å². The van der Waals surface area contributed by atoms with Gasteiger partial charge < -0.3 is 14.5 Å². The summed E-state index contributed by atoms with van der Waals surface area (Å²) in [5.74, 6) is -0.108. The van der Waals surface area contributed by atoms with Crippen molar-refractivity contribution < 1.29 is 19.1 Å². The lowest BCUT2D eigenvalue weighted by molar-refractivity contribution is 0.0538. The van der Waals surface area contributed by atoms with Crippen LogP contribution in [0, 0.1) is 0 Å². The van der Waals surface area contributed by atoms with Gasteiger partial charge in [-0.1, -0.05) is 12.1 Å². The average molecular weight is 387 g/mol. The number of anilines is 1. The molecule has 142 valence electrons. The van der Waals surface area contributed by atoms with E-state index in [0.29, 0.717) is 42.3 Å². The highest BCUT2D eigenvalue weighted by Gasteiger charge is 2.26. The predicted molar refractivity (Wildman–Crippen MR) is 103 cm³/mol. The Morgan fingerprint density at radius 3 is 2.37 bits per heavy atom. The number of rotatable bonds is 4. The van der Waals surface area contributed by atoms with Crippen LogP contribution in [0.5, 0.6) is 0 Å². The van der Waals surface area contributed by atoms with Crippen LogP contribution in [-0.2, 0) is 4.74 Å². The number of hydrogen-bond acceptors (Lipinski definition) is 5. The van der Waals surface area contributed by atoms with Crippen LogP contribution in [-0.4, -0.2) is 60.5 Å². The van der Waals surface area contributed by atoms with Crippen LogP contribution in [0.15, 0.2) is 41.8 Å². The molecule has 1 aromatic carbocycles. The number of ether oxygens (including phenoxy) is 1. The SMILES string of the molecule is CCOC(=O)Nc1cccc(C(=O)N2CCN(C(=O)c3cccs3)CC2)c1. The monoisotopic (exact) mass is 387 g/mol. The number of carbonyl (C=O) groups is 3. The van der Waals surface area contributed by atoms with Gasteiger partial charge in [-0.15, -0.1) is 11.3 Å². The van der Waals surface area contributed by atoms with Crippen molar-refractivity contribution in [2.24, 2.45) is 0 Å². The van der Waals surface area contributed by atoms with Crippen LogP contribution >= 0.6 is 11.3 Å². The molecule has 0 radical (unpaired) electrons. The number of nitrogens with zero attached hydrogens (tertiary/aromatic N) is 2. The fourth-order valence-electron chi connectivity index (χ4n) is 2.87. The van der Waals surface area contributed by atoms with Gasteiger partial charge in [0.15, 0.2) is 0 Å². The fraction of sp³-hybridized carbons (Fsp3) is 0.316. The molecule has 0 bridgehead atoms. The summed E-state index contributed by atoms with van der Waals surface area (Å²) in [7, 11) is 0. The van der Waals surface area contributed by atoms with Gasteiger partial charge in [-0.25, -0.2) is 4.79 Å². The van der Waals surface area contributed by atoms with Gasteiger partial charge in [-0.2, -0.15) is 0 Å². The largest absolute Gasteiger partial charge is 0.450 e. The lowest BCUT2D eigenvalue weighted by Gasteiger charge is -2.34. The van der Waals surface area contributed by atoms with Crippen LogP contribution in [0.1, 0.15) is 27.0 Å². The minimum atomic E-state index is -0.553. The van der Waals surface area contributed by atoms with Crippen LogP contribution in [0.25, 0.3) is 0 Å². The Bertz CT molecular complexity index is 814. The molecule has 3 rings (SSSR count). The lowest BCUT2D eigenvalue weighted by atomic mass is 10.1. The smallest absolute Gasteiger partial charge is 0.411 e. The number of hydrogen-bond donors (Lipinski definition) is 1. The van der Waals surface area contributed by atoms with Crippen molar-refractivity contribution >= 4 is 34.9 Å². The minimum absolute atomic E-state index is 0.0118. The van der Waals surface area contributed by atoms with Crippen molar-refractivity contribution in [2.45, 2.75) is 6.92 Å². The Balaban J connectivity index is 1.59. The molecule has 7 nitrogen and oxygen atoms in total. The summed E-state index contributed by atoms with van der Waals surface area (Å²) < 4.78 is 4.85. The predicted octanol–water partition coefficient (Wildman–Crippen LogP) is 2.91. The zero-order valence-electron chi connectivity index (χ0n) is 15.0. The minimum Gasteiger partial charge on any atom is -0.450 e. The maximum absolute atomic E-state index is 12.7. The Morgan fingerprint density at radius 1 is 1.04 bits per heavy atom. The topological polar surface area (TPSA) is 79.0 Å². The molecule has 1 aromatic heterocycles. The first-order chi connectivity index (χ1) is 13.1. The number of thiophene rings is 1. The van der Waals surface area contributed by atoms with Crippen molar-refractivity contribution in [3.05, 3.63) is 52.2 Å². The van der Waals surface area contributed by atoms with Gasteiger partial charge in [0.05, 0.1) is 11.5 Å². The first-order valence-corrected chi connectivity index (χ1v) is 9.62. The number of piperazine rings is 1. The Kier molecular flexibility index (Phi) is 6.08. The first-order valence-electron chi connectivity index (χ1n) is 8.74. The van der Waals surface area contributed by atoms with E-state index in [1.165, 1.54) is 11.3 Å². The molecule has 1 aliphatic rings. The summed E-state index contributed by atoms with van der Waals surface area (Å²) in [5, 5.41) is 4.47. The molecular weight excluding hydrogens is 366 g/mol. The molecule has 1 aliphatic heterocycles.